The second-order valence-electron chi connectivity index (χ2n) is 14.8. The van der Waals surface area contributed by atoms with Crippen LogP contribution in [0.3, 0.4) is 0 Å². The summed E-state index contributed by atoms with van der Waals surface area (Å²) < 4.78 is 65.9. The molecule has 1 aliphatic heterocycles. The van der Waals surface area contributed by atoms with Crippen LogP contribution in [0.15, 0.2) is 42.5 Å². The lowest BCUT2D eigenvalue weighted by molar-refractivity contribution is -0.215. The number of fused-ring (bicyclic) bond motifs is 2. The summed E-state index contributed by atoms with van der Waals surface area (Å²) in [5.74, 6) is -0.510. The summed E-state index contributed by atoms with van der Waals surface area (Å²) in [7, 11) is -1.44. The molecule has 0 radical (unpaired) electrons. The number of ether oxygens (including phenoxy) is 1. The first-order chi connectivity index (χ1) is 21.1. The van der Waals surface area contributed by atoms with Gasteiger partial charge in [-0.1, -0.05) is 51.7 Å². The van der Waals surface area contributed by atoms with Gasteiger partial charge in [-0.3, -0.25) is 14.5 Å². The first kappa shape index (κ1) is 36.1. The molecule has 8 nitrogen and oxygen atoms in total. The Bertz CT molecular complexity index is 1560. The zero-order valence-electron chi connectivity index (χ0n) is 28.0. The van der Waals surface area contributed by atoms with E-state index < -0.39 is 54.3 Å². The molecular weight excluding hydrogens is 634 g/mol. The van der Waals surface area contributed by atoms with Crippen LogP contribution in [0.1, 0.15) is 92.2 Å². The standard InChI is InChI=1S/C33H45F3N4O4SSi/c1-21(40-29(41)23-12-10-11-13-24(23)30(40)42)22-14-15-25-27(18-22)39(20-44-16-17-46(7,8)9)28(37-25)26(38-45(43)31(2,3)4)19-32(5,6)33(34,35)36/h10-15,18,21,26,38H,16-17,19-20H2,1-9H3/t21-,26-,45?/m1/s1. The molecule has 1 N–H and O–H groups in total. The van der Waals surface area contributed by atoms with Gasteiger partial charge in [-0.15, -0.1) is 4.72 Å². The van der Waals surface area contributed by atoms with Crippen molar-refractivity contribution in [1.82, 2.24) is 19.2 Å². The number of benzene rings is 2. The summed E-state index contributed by atoms with van der Waals surface area (Å²) in [5, 5.41) is 0. The molecule has 3 aromatic rings. The van der Waals surface area contributed by atoms with Crippen LogP contribution in [0.2, 0.25) is 25.7 Å². The summed E-state index contributed by atoms with van der Waals surface area (Å²) in [6, 6.07) is 11.2. The number of imide groups is 1. The number of aromatic nitrogens is 2. The summed E-state index contributed by atoms with van der Waals surface area (Å²) in [5.41, 5.74) is 0.283. The van der Waals surface area contributed by atoms with E-state index in [0.717, 1.165) is 19.9 Å². The van der Waals surface area contributed by atoms with Crippen molar-refractivity contribution >= 4 is 42.3 Å². The largest absolute Gasteiger partial charge is 0.598 e. The zero-order valence-corrected chi connectivity index (χ0v) is 29.9. The third kappa shape index (κ3) is 7.70. The van der Waals surface area contributed by atoms with Gasteiger partial charge >= 0.3 is 6.18 Å². The van der Waals surface area contributed by atoms with Gasteiger partial charge in [0, 0.05) is 26.0 Å². The predicted octanol–water partition coefficient (Wildman–Crippen LogP) is 7.78. The number of carbonyl (C=O) groups is 2. The van der Waals surface area contributed by atoms with Crippen LogP contribution in [0.25, 0.3) is 11.0 Å². The molecule has 2 heterocycles. The third-order valence-electron chi connectivity index (χ3n) is 8.31. The predicted molar refractivity (Wildman–Crippen MR) is 177 cm³/mol. The quantitative estimate of drug-likeness (QED) is 0.0910. The minimum absolute atomic E-state index is 0.00788. The highest BCUT2D eigenvalue weighted by Crippen LogP contribution is 2.44. The number of hydrogen-bond donors (Lipinski definition) is 1. The van der Waals surface area contributed by atoms with Crippen LogP contribution in [-0.2, 0) is 22.8 Å². The fourth-order valence-corrected chi connectivity index (χ4v) is 6.74. The van der Waals surface area contributed by atoms with Gasteiger partial charge in [-0.25, -0.2) is 4.98 Å². The van der Waals surface area contributed by atoms with E-state index in [1.807, 2.05) is 0 Å². The minimum atomic E-state index is -4.52. The van der Waals surface area contributed by atoms with Gasteiger partial charge in [-0.2, -0.15) is 13.2 Å². The summed E-state index contributed by atoms with van der Waals surface area (Å²) in [6.07, 6.45) is -4.94. The normalized spacial score (nSPS) is 16.7. The van der Waals surface area contributed by atoms with E-state index in [9.17, 15) is 27.3 Å². The average molecular weight is 679 g/mol. The topological polar surface area (TPSA) is 99.5 Å². The van der Waals surface area contributed by atoms with Gasteiger partial charge in [0.15, 0.2) is 0 Å². The Kier molecular flexibility index (Phi) is 10.3. The Morgan fingerprint density at radius 2 is 1.59 bits per heavy atom. The van der Waals surface area contributed by atoms with E-state index in [-0.39, 0.29) is 24.4 Å². The molecular formula is C33H45F3N4O4SSi. The molecule has 1 aromatic heterocycles. The number of carbonyl (C=O) groups excluding carboxylic acids is 2. The Morgan fingerprint density at radius 3 is 2.11 bits per heavy atom. The van der Waals surface area contributed by atoms with Gasteiger partial charge in [0.05, 0.1) is 33.6 Å². The molecule has 0 saturated heterocycles. The highest BCUT2D eigenvalue weighted by Gasteiger charge is 2.50. The zero-order chi connectivity index (χ0) is 34.4. The molecule has 252 valence electrons. The van der Waals surface area contributed by atoms with Crippen LogP contribution >= 0.6 is 0 Å². The second kappa shape index (κ2) is 13.1. The number of rotatable bonds is 12. The second-order valence-corrected chi connectivity index (χ2v) is 22.5. The SMILES string of the molecule is C[C@H](c1ccc2nc([C@@H](CC(C)(C)C(F)(F)F)N[S+]([O-])C(C)(C)C)n(COCC[Si](C)(C)C)c2c1)N1C(=O)c2ccccc2C1=O. The molecule has 2 amide bonds. The van der Waals surface area contributed by atoms with Crippen molar-refractivity contribution < 1.29 is 32.0 Å². The number of nitrogens with one attached hydrogen (secondary N) is 1. The molecule has 0 bridgehead atoms. The van der Waals surface area contributed by atoms with Gasteiger partial charge in [0.25, 0.3) is 11.8 Å². The van der Waals surface area contributed by atoms with Crippen molar-refractivity contribution in [3.8, 4) is 0 Å². The maximum absolute atomic E-state index is 14.2. The van der Waals surface area contributed by atoms with Crippen LogP contribution in [-0.4, -0.2) is 56.4 Å². The lowest BCUT2D eigenvalue weighted by Crippen LogP contribution is -2.45. The van der Waals surface area contributed by atoms with Crippen LogP contribution in [0, 0.1) is 5.41 Å². The molecule has 3 atom stereocenters. The molecule has 13 heteroatoms. The summed E-state index contributed by atoms with van der Waals surface area (Å²) in [6.45, 7) is 16.4. The Balaban J connectivity index is 1.80. The van der Waals surface area contributed by atoms with E-state index in [1.54, 1.807) is 74.7 Å². The van der Waals surface area contributed by atoms with Crippen LogP contribution in [0.4, 0.5) is 13.2 Å². The van der Waals surface area contributed by atoms with E-state index in [4.69, 9.17) is 9.72 Å². The molecule has 0 saturated carbocycles. The number of hydrogen-bond acceptors (Lipinski definition) is 6. The molecule has 1 aliphatic rings. The monoisotopic (exact) mass is 678 g/mol. The molecule has 2 aromatic carbocycles. The first-order valence-corrected chi connectivity index (χ1v) is 20.3. The number of nitrogens with zero attached hydrogens (tertiary/aromatic N) is 3. The Hall–Kier alpha value is -2.71. The minimum Gasteiger partial charge on any atom is -0.598 e. The summed E-state index contributed by atoms with van der Waals surface area (Å²) in [4.78, 5) is 32.5. The Morgan fingerprint density at radius 1 is 1.00 bits per heavy atom. The lowest BCUT2D eigenvalue weighted by atomic mass is 9.85. The molecule has 46 heavy (non-hydrogen) atoms. The maximum atomic E-state index is 14.2. The number of alkyl halides is 3. The third-order valence-corrected chi connectivity index (χ3v) is 11.6. The van der Waals surface area contributed by atoms with Crippen molar-refractivity contribution in [2.75, 3.05) is 6.61 Å². The summed E-state index contributed by atoms with van der Waals surface area (Å²) >= 11 is -1.71. The fraction of sp³-hybridized carbons (Fsp3) is 0.545. The van der Waals surface area contributed by atoms with Gasteiger partial charge in [-0.05, 0) is 70.0 Å². The molecule has 0 fully saturated rings. The lowest BCUT2D eigenvalue weighted by Gasteiger charge is -2.34. The van der Waals surface area contributed by atoms with E-state index in [2.05, 4.69) is 24.4 Å². The van der Waals surface area contributed by atoms with Crippen LogP contribution < -0.4 is 4.72 Å². The van der Waals surface area contributed by atoms with Crippen molar-refractivity contribution in [2.45, 2.75) is 103 Å². The molecule has 0 aliphatic carbocycles. The average Bonchev–Trinajstić information content (AvgIpc) is 3.42. The van der Waals surface area contributed by atoms with Gasteiger partial charge in [0.1, 0.15) is 23.3 Å². The molecule has 0 spiro atoms. The molecule has 4 rings (SSSR count). The number of halogens is 3. The fourth-order valence-electron chi connectivity index (χ4n) is 5.18. The van der Waals surface area contributed by atoms with Crippen LogP contribution in [0.5, 0.6) is 0 Å². The Labute approximate surface area is 273 Å². The molecule has 1 unspecified atom stereocenters. The highest BCUT2D eigenvalue weighted by atomic mass is 32.2. The number of amides is 2. The van der Waals surface area contributed by atoms with E-state index in [0.29, 0.717) is 34.3 Å². The van der Waals surface area contributed by atoms with Crippen molar-refractivity contribution in [3.05, 3.63) is 65.0 Å². The smallest absolute Gasteiger partial charge is 0.394 e. The van der Waals surface area contributed by atoms with Gasteiger partial charge < -0.3 is 13.9 Å². The maximum Gasteiger partial charge on any atom is 0.394 e. The van der Waals surface area contributed by atoms with E-state index in [1.165, 1.54) is 4.90 Å². The van der Waals surface area contributed by atoms with Crippen molar-refractivity contribution in [2.24, 2.45) is 5.41 Å². The first-order valence-electron chi connectivity index (χ1n) is 15.4. The van der Waals surface area contributed by atoms with E-state index >= 15 is 0 Å². The number of imidazole rings is 1. The van der Waals surface area contributed by atoms with Crippen molar-refractivity contribution in [1.29, 1.82) is 0 Å². The van der Waals surface area contributed by atoms with Gasteiger partial charge in [0.2, 0.25) is 0 Å². The highest BCUT2D eigenvalue weighted by molar-refractivity contribution is 7.90. The van der Waals surface area contributed by atoms with Crippen molar-refractivity contribution in [3.63, 3.8) is 0 Å².